The highest BCUT2D eigenvalue weighted by Gasteiger charge is 2.21. The van der Waals surface area contributed by atoms with Crippen molar-refractivity contribution in [2.45, 2.75) is 41.0 Å². The molecule has 0 saturated carbocycles. The summed E-state index contributed by atoms with van der Waals surface area (Å²) in [4.78, 5) is 0. The molecule has 0 aromatic heterocycles. The molecule has 0 N–H and O–H groups in total. The standard InChI is InChI=1S/C10H22O/c1-6-7-11-8-10(4,5)9(2)3/h9H,6-8H2,1-5H3. The van der Waals surface area contributed by atoms with Crippen LogP contribution >= 0.6 is 0 Å². The van der Waals surface area contributed by atoms with Gasteiger partial charge in [-0.3, -0.25) is 0 Å². The third-order valence-corrected chi connectivity index (χ3v) is 2.39. The molecular weight excluding hydrogens is 136 g/mol. The topological polar surface area (TPSA) is 9.23 Å². The molecule has 0 bridgehead atoms. The van der Waals surface area contributed by atoms with E-state index in [0.29, 0.717) is 11.3 Å². The van der Waals surface area contributed by atoms with Gasteiger partial charge in [-0.2, -0.15) is 0 Å². The summed E-state index contributed by atoms with van der Waals surface area (Å²) in [6, 6.07) is 0. The summed E-state index contributed by atoms with van der Waals surface area (Å²) in [5.41, 5.74) is 0.329. The van der Waals surface area contributed by atoms with Crippen molar-refractivity contribution in [3.05, 3.63) is 0 Å². The lowest BCUT2D eigenvalue weighted by molar-refractivity contribution is 0.0380. The Morgan fingerprint density at radius 1 is 1.27 bits per heavy atom. The van der Waals surface area contributed by atoms with Crippen molar-refractivity contribution in [2.24, 2.45) is 11.3 Å². The van der Waals surface area contributed by atoms with Crippen LogP contribution in [-0.2, 0) is 4.74 Å². The number of hydrogen-bond donors (Lipinski definition) is 0. The summed E-state index contributed by atoms with van der Waals surface area (Å²) in [7, 11) is 0. The number of hydrogen-bond acceptors (Lipinski definition) is 1. The lowest BCUT2D eigenvalue weighted by Gasteiger charge is -2.28. The van der Waals surface area contributed by atoms with Gasteiger partial charge in [0.25, 0.3) is 0 Å². The Morgan fingerprint density at radius 3 is 2.18 bits per heavy atom. The summed E-state index contributed by atoms with van der Waals surface area (Å²) < 4.78 is 5.51. The Morgan fingerprint density at radius 2 is 1.82 bits per heavy atom. The Bertz CT molecular complexity index is 95.0. The molecule has 0 amide bonds. The molecule has 0 rings (SSSR count). The van der Waals surface area contributed by atoms with Crippen LogP contribution in [0.5, 0.6) is 0 Å². The Balaban J connectivity index is 3.55. The fourth-order valence-electron chi connectivity index (χ4n) is 0.646. The van der Waals surface area contributed by atoms with E-state index in [1.807, 2.05) is 0 Å². The molecule has 0 aliphatic carbocycles. The summed E-state index contributed by atoms with van der Waals surface area (Å²) >= 11 is 0. The average Bonchev–Trinajstić information content (AvgIpc) is 1.88. The largest absolute Gasteiger partial charge is 0.381 e. The van der Waals surface area contributed by atoms with E-state index in [9.17, 15) is 0 Å². The molecule has 1 heteroatoms. The minimum absolute atomic E-state index is 0.329. The molecule has 0 unspecified atom stereocenters. The van der Waals surface area contributed by atoms with Crippen LogP contribution in [0.15, 0.2) is 0 Å². The smallest absolute Gasteiger partial charge is 0.0519 e. The van der Waals surface area contributed by atoms with E-state index in [1.165, 1.54) is 0 Å². The van der Waals surface area contributed by atoms with Crippen molar-refractivity contribution in [1.82, 2.24) is 0 Å². The molecule has 11 heavy (non-hydrogen) atoms. The van der Waals surface area contributed by atoms with Gasteiger partial charge in [0.15, 0.2) is 0 Å². The van der Waals surface area contributed by atoms with E-state index in [4.69, 9.17) is 4.74 Å². The van der Waals surface area contributed by atoms with Gasteiger partial charge in [-0.05, 0) is 17.8 Å². The van der Waals surface area contributed by atoms with Crippen LogP contribution in [0, 0.1) is 11.3 Å². The second-order valence-electron chi connectivity index (χ2n) is 4.20. The quantitative estimate of drug-likeness (QED) is 0.559. The minimum Gasteiger partial charge on any atom is -0.381 e. The third kappa shape index (κ3) is 4.41. The van der Waals surface area contributed by atoms with Gasteiger partial charge in [-0.15, -0.1) is 0 Å². The van der Waals surface area contributed by atoms with Gasteiger partial charge in [-0.1, -0.05) is 34.6 Å². The van der Waals surface area contributed by atoms with E-state index in [-0.39, 0.29) is 0 Å². The Kier molecular flexibility index (Phi) is 4.74. The maximum absolute atomic E-state index is 5.51. The summed E-state index contributed by atoms with van der Waals surface area (Å²) in [5.74, 6) is 0.694. The zero-order valence-electron chi connectivity index (χ0n) is 8.61. The first-order valence-corrected chi connectivity index (χ1v) is 4.58. The van der Waals surface area contributed by atoms with Crippen molar-refractivity contribution in [1.29, 1.82) is 0 Å². The highest BCUT2D eigenvalue weighted by Crippen LogP contribution is 2.25. The van der Waals surface area contributed by atoms with Crippen LogP contribution in [0.25, 0.3) is 0 Å². The zero-order valence-corrected chi connectivity index (χ0v) is 8.61. The minimum atomic E-state index is 0.329. The zero-order chi connectivity index (χ0) is 8.91. The number of ether oxygens (including phenoxy) is 1. The van der Waals surface area contributed by atoms with E-state index < -0.39 is 0 Å². The molecule has 0 atom stereocenters. The van der Waals surface area contributed by atoms with Gasteiger partial charge in [0.05, 0.1) is 6.61 Å². The molecule has 0 saturated heterocycles. The summed E-state index contributed by atoms with van der Waals surface area (Å²) in [5, 5.41) is 0. The van der Waals surface area contributed by atoms with Crippen molar-refractivity contribution < 1.29 is 4.74 Å². The molecule has 0 aliphatic heterocycles. The molecule has 0 heterocycles. The second-order valence-corrected chi connectivity index (χ2v) is 4.20. The van der Waals surface area contributed by atoms with Crippen LogP contribution in [0.1, 0.15) is 41.0 Å². The first-order chi connectivity index (χ1) is 5.00. The second kappa shape index (κ2) is 4.76. The van der Waals surface area contributed by atoms with E-state index >= 15 is 0 Å². The first kappa shape index (κ1) is 11.0. The van der Waals surface area contributed by atoms with Crippen LogP contribution in [0.3, 0.4) is 0 Å². The van der Waals surface area contributed by atoms with E-state index in [2.05, 4.69) is 34.6 Å². The molecule has 0 aromatic rings. The van der Waals surface area contributed by atoms with Gasteiger partial charge in [0, 0.05) is 6.61 Å². The number of rotatable bonds is 5. The SMILES string of the molecule is CCCOCC(C)(C)C(C)C. The third-order valence-electron chi connectivity index (χ3n) is 2.39. The lowest BCUT2D eigenvalue weighted by Crippen LogP contribution is -2.25. The summed E-state index contributed by atoms with van der Waals surface area (Å²) in [6.07, 6.45) is 1.12. The van der Waals surface area contributed by atoms with Crippen LogP contribution in [-0.4, -0.2) is 13.2 Å². The van der Waals surface area contributed by atoms with Crippen LogP contribution in [0.2, 0.25) is 0 Å². The predicted octanol–water partition coefficient (Wildman–Crippen LogP) is 3.10. The fourth-order valence-corrected chi connectivity index (χ4v) is 0.646. The molecule has 0 spiro atoms. The highest BCUT2D eigenvalue weighted by atomic mass is 16.5. The van der Waals surface area contributed by atoms with Gasteiger partial charge < -0.3 is 4.74 Å². The molecule has 0 aliphatic rings. The molecule has 0 fully saturated rings. The maximum atomic E-state index is 5.51. The summed E-state index contributed by atoms with van der Waals surface area (Å²) in [6.45, 7) is 12.9. The van der Waals surface area contributed by atoms with Crippen molar-refractivity contribution in [3.63, 3.8) is 0 Å². The van der Waals surface area contributed by atoms with Gasteiger partial charge in [0.1, 0.15) is 0 Å². The van der Waals surface area contributed by atoms with Gasteiger partial charge in [0.2, 0.25) is 0 Å². The van der Waals surface area contributed by atoms with Crippen molar-refractivity contribution in [2.75, 3.05) is 13.2 Å². The monoisotopic (exact) mass is 158 g/mol. The Labute approximate surface area is 71.1 Å². The van der Waals surface area contributed by atoms with Crippen molar-refractivity contribution >= 4 is 0 Å². The van der Waals surface area contributed by atoms with Gasteiger partial charge in [-0.25, -0.2) is 0 Å². The predicted molar refractivity (Wildman–Crippen MR) is 49.7 cm³/mol. The molecule has 0 radical (unpaired) electrons. The van der Waals surface area contributed by atoms with Crippen molar-refractivity contribution in [3.8, 4) is 0 Å². The Hall–Kier alpha value is -0.0400. The molecular formula is C10H22O. The fraction of sp³-hybridized carbons (Fsp3) is 1.00. The normalized spacial score (nSPS) is 12.5. The van der Waals surface area contributed by atoms with E-state index in [0.717, 1.165) is 19.6 Å². The highest BCUT2D eigenvalue weighted by molar-refractivity contribution is 4.71. The van der Waals surface area contributed by atoms with Gasteiger partial charge >= 0.3 is 0 Å². The molecule has 68 valence electrons. The first-order valence-electron chi connectivity index (χ1n) is 4.58. The van der Waals surface area contributed by atoms with Crippen LogP contribution < -0.4 is 0 Å². The molecule has 1 nitrogen and oxygen atoms in total. The average molecular weight is 158 g/mol. The lowest BCUT2D eigenvalue weighted by atomic mass is 9.82. The van der Waals surface area contributed by atoms with E-state index in [1.54, 1.807) is 0 Å². The maximum Gasteiger partial charge on any atom is 0.0519 e. The van der Waals surface area contributed by atoms with Crippen LogP contribution in [0.4, 0.5) is 0 Å². The molecule has 0 aromatic carbocycles.